The molecule has 1 heterocycles. The SMILES string of the molecule is CC(C)(CCC(=O)O)NC(=O)Nc1ccc2c(c1)OC1(CCCC1)O2. The van der Waals surface area contributed by atoms with Crippen LogP contribution in [0.3, 0.4) is 0 Å². The predicted octanol–water partition coefficient (Wildman–Crippen LogP) is 3.49. The van der Waals surface area contributed by atoms with Crippen LogP contribution < -0.4 is 20.1 Å². The second-order valence-corrected chi connectivity index (χ2v) is 7.34. The van der Waals surface area contributed by atoms with E-state index in [9.17, 15) is 9.59 Å². The number of fused-ring (bicyclic) bond motifs is 1. The summed E-state index contributed by atoms with van der Waals surface area (Å²) in [6.07, 6.45) is 4.28. The van der Waals surface area contributed by atoms with Crippen LogP contribution in [0.1, 0.15) is 52.4 Å². The van der Waals surface area contributed by atoms with Crippen molar-refractivity contribution in [2.45, 2.75) is 63.7 Å². The van der Waals surface area contributed by atoms with Gasteiger partial charge in [-0.15, -0.1) is 0 Å². The average molecular weight is 348 g/mol. The van der Waals surface area contributed by atoms with Gasteiger partial charge in [0.25, 0.3) is 5.79 Å². The van der Waals surface area contributed by atoms with Crippen molar-refractivity contribution in [3.05, 3.63) is 18.2 Å². The lowest BCUT2D eigenvalue weighted by Crippen LogP contribution is -2.45. The molecule has 2 aliphatic rings. The molecule has 1 aliphatic heterocycles. The summed E-state index contributed by atoms with van der Waals surface area (Å²) < 4.78 is 11.9. The Morgan fingerprint density at radius 1 is 1.20 bits per heavy atom. The van der Waals surface area contributed by atoms with Crippen molar-refractivity contribution in [2.24, 2.45) is 0 Å². The molecule has 0 bridgehead atoms. The molecule has 1 fully saturated rings. The van der Waals surface area contributed by atoms with Crippen LogP contribution in [-0.2, 0) is 4.79 Å². The van der Waals surface area contributed by atoms with Crippen molar-refractivity contribution >= 4 is 17.7 Å². The van der Waals surface area contributed by atoms with E-state index in [1.807, 2.05) is 0 Å². The van der Waals surface area contributed by atoms with Crippen molar-refractivity contribution in [2.75, 3.05) is 5.32 Å². The fourth-order valence-electron chi connectivity index (χ4n) is 3.24. The number of nitrogens with one attached hydrogen (secondary N) is 2. The minimum absolute atomic E-state index is 0.000609. The largest absolute Gasteiger partial charge is 0.481 e. The van der Waals surface area contributed by atoms with Crippen LogP contribution in [0.4, 0.5) is 10.5 Å². The topological polar surface area (TPSA) is 96.9 Å². The number of aliphatic carboxylic acids is 1. The maximum absolute atomic E-state index is 12.2. The molecular formula is C18H24N2O5. The van der Waals surface area contributed by atoms with E-state index in [4.69, 9.17) is 14.6 Å². The normalized spacial score (nSPS) is 17.5. The Bertz CT molecular complexity index is 680. The Morgan fingerprint density at radius 3 is 2.56 bits per heavy atom. The van der Waals surface area contributed by atoms with Crippen LogP contribution >= 0.6 is 0 Å². The van der Waals surface area contributed by atoms with Crippen molar-refractivity contribution < 1.29 is 24.2 Å². The second kappa shape index (κ2) is 6.46. The van der Waals surface area contributed by atoms with Crippen molar-refractivity contribution in [1.82, 2.24) is 5.32 Å². The van der Waals surface area contributed by atoms with Gasteiger partial charge in [0.1, 0.15) is 0 Å². The number of hydrogen-bond acceptors (Lipinski definition) is 4. The Kier molecular flexibility index (Phi) is 4.49. The molecular weight excluding hydrogens is 324 g/mol. The van der Waals surface area contributed by atoms with Crippen molar-refractivity contribution in [1.29, 1.82) is 0 Å². The van der Waals surface area contributed by atoms with Gasteiger partial charge in [0, 0.05) is 36.6 Å². The summed E-state index contributed by atoms with van der Waals surface area (Å²) >= 11 is 0. The van der Waals surface area contributed by atoms with Crippen LogP contribution in [0.25, 0.3) is 0 Å². The van der Waals surface area contributed by atoms with Gasteiger partial charge in [-0.3, -0.25) is 4.79 Å². The van der Waals surface area contributed by atoms with E-state index < -0.39 is 17.3 Å². The molecule has 3 rings (SSSR count). The molecule has 25 heavy (non-hydrogen) atoms. The van der Waals surface area contributed by atoms with Gasteiger partial charge in [0.15, 0.2) is 11.5 Å². The second-order valence-electron chi connectivity index (χ2n) is 7.34. The minimum Gasteiger partial charge on any atom is -0.481 e. The number of carboxylic acid groups (broad SMARTS) is 1. The fraction of sp³-hybridized carbons (Fsp3) is 0.556. The van der Waals surface area contributed by atoms with Gasteiger partial charge in [0.05, 0.1) is 0 Å². The van der Waals surface area contributed by atoms with Gasteiger partial charge >= 0.3 is 12.0 Å². The third-order valence-electron chi connectivity index (χ3n) is 4.57. The number of urea groups is 1. The predicted molar refractivity (Wildman–Crippen MR) is 92.0 cm³/mol. The Balaban J connectivity index is 1.59. The number of carbonyl (C=O) groups is 2. The zero-order valence-electron chi connectivity index (χ0n) is 14.6. The summed E-state index contributed by atoms with van der Waals surface area (Å²) in [6.45, 7) is 3.58. The summed E-state index contributed by atoms with van der Waals surface area (Å²) in [7, 11) is 0. The zero-order chi connectivity index (χ0) is 18.1. The van der Waals surface area contributed by atoms with E-state index in [1.54, 1.807) is 32.0 Å². The molecule has 0 unspecified atom stereocenters. The number of hydrogen-bond donors (Lipinski definition) is 3. The van der Waals surface area contributed by atoms with E-state index in [2.05, 4.69) is 10.6 Å². The number of amides is 2. The number of anilines is 1. The smallest absolute Gasteiger partial charge is 0.319 e. The van der Waals surface area contributed by atoms with Crippen LogP contribution in [0.5, 0.6) is 11.5 Å². The molecule has 0 atom stereocenters. The molecule has 1 spiro atoms. The minimum atomic E-state index is -0.883. The molecule has 0 saturated heterocycles. The molecule has 136 valence electrons. The van der Waals surface area contributed by atoms with Crippen molar-refractivity contribution in [3.63, 3.8) is 0 Å². The molecule has 0 aromatic heterocycles. The Labute approximate surface area is 146 Å². The summed E-state index contributed by atoms with van der Waals surface area (Å²) in [4.78, 5) is 22.9. The number of ether oxygens (including phenoxy) is 2. The highest BCUT2D eigenvalue weighted by Crippen LogP contribution is 2.47. The number of rotatable bonds is 5. The first-order valence-corrected chi connectivity index (χ1v) is 8.60. The Morgan fingerprint density at radius 2 is 1.88 bits per heavy atom. The number of carboxylic acids is 1. The molecule has 0 radical (unpaired) electrons. The monoisotopic (exact) mass is 348 g/mol. The van der Waals surface area contributed by atoms with Crippen LogP contribution in [0.15, 0.2) is 18.2 Å². The molecule has 3 N–H and O–H groups in total. The van der Waals surface area contributed by atoms with E-state index in [-0.39, 0.29) is 12.5 Å². The summed E-state index contributed by atoms with van der Waals surface area (Å²) in [5.41, 5.74) is -0.0175. The lowest BCUT2D eigenvalue weighted by molar-refractivity contribution is -0.137. The van der Waals surface area contributed by atoms with Crippen LogP contribution in [0, 0.1) is 0 Å². The highest BCUT2D eigenvalue weighted by molar-refractivity contribution is 5.90. The van der Waals surface area contributed by atoms with E-state index >= 15 is 0 Å². The van der Waals surface area contributed by atoms with E-state index in [0.717, 1.165) is 25.7 Å². The quantitative estimate of drug-likeness (QED) is 0.757. The van der Waals surface area contributed by atoms with E-state index in [0.29, 0.717) is 23.6 Å². The Hall–Kier alpha value is -2.44. The molecule has 7 heteroatoms. The van der Waals surface area contributed by atoms with Crippen molar-refractivity contribution in [3.8, 4) is 11.5 Å². The lowest BCUT2D eigenvalue weighted by atomic mass is 9.99. The molecule has 1 saturated carbocycles. The number of carbonyl (C=O) groups excluding carboxylic acids is 1. The summed E-state index contributed by atoms with van der Waals surface area (Å²) in [5.74, 6) is -0.0615. The molecule has 1 aliphatic carbocycles. The van der Waals surface area contributed by atoms with Crippen LogP contribution in [0.2, 0.25) is 0 Å². The van der Waals surface area contributed by atoms with Gasteiger partial charge in [-0.25, -0.2) is 4.79 Å². The summed E-state index contributed by atoms with van der Waals surface area (Å²) in [6, 6.07) is 4.93. The van der Waals surface area contributed by atoms with E-state index in [1.165, 1.54) is 0 Å². The zero-order valence-corrected chi connectivity index (χ0v) is 14.6. The van der Waals surface area contributed by atoms with Gasteiger partial charge < -0.3 is 25.2 Å². The summed E-state index contributed by atoms with van der Waals surface area (Å²) in [5, 5.41) is 14.3. The standard InChI is InChI=1S/C18H24N2O5/c1-17(2,10-7-15(21)22)20-16(23)19-12-5-6-13-14(11-12)25-18(24-13)8-3-4-9-18/h5-6,11H,3-4,7-10H2,1-2H3,(H,21,22)(H2,19,20,23). The van der Waals surface area contributed by atoms with Crippen LogP contribution in [-0.4, -0.2) is 28.4 Å². The third-order valence-corrected chi connectivity index (χ3v) is 4.57. The number of benzene rings is 1. The lowest BCUT2D eigenvalue weighted by Gasteiger charge is -2.25. The first-order valence-electron chi connectivity index (χ1n) is 8.60. The maximum atomic E-state index is 12.2. The van der Waals surface area contributed by atoms with Gasteiger partial charge in [0.2, 0.25) is 0 Å². The average Bonchev–Trinajstić information content (AvgIpc) is 3.10. The molecule has 1 aromatic carbocycles. The van der Waals surface area contributed by atoms with Gasteiger partial charge in [-0.1, -0.05) is 0 Å². The fourth-order valence-corrected chi connectivity index (χ4v) is 3.24. The molecule has 1 aromatic rings. The highest BCUT2D eigenvalue weighted by atomic mass is 16.7. The molecule has 7 nitrogen and oxygen atoms in total. The highest BCUT2D eigenvalue weighted by Gasteiger charge is 2.44. The van der Waals surface area contributed by atoms with Gasteiger partial charge in [-0.2, -0.15) is 0 Å². The first-order chi connectivity index (χ1) is 11.8. The molecule has 2 amide bonds. The van der Waals surface area contributed by atoms with Gasteiger partial charge in [-0.05, 0) is 45.2 Å². The maximum Gasteiger partial charge on any atom is 0.319 e. The first kappa shape index (κ1) is 17.4. The third kappa shape index (κ3) is 4.15.